The number of para-hydroxylation sites is 1. The normalized spacial score (nSPS) is 11.6. The van der Waals surface area contributed by atoms with Gasteiger partial charge in [-0.15, -0.1) is 0 Å². The highest BCUT2D eigenvalue weighted by Gasteiger charge is 2.28. The Balaban J connectivity index is 1.56. The van der Waals surface area contributed by atoms with Gasteiger partial charge < -0.3 is 5.32 Å². The van der Waals surface area contributed by atoms with Crippen molar-refractivity contribution in [1.29, 1.82) is 0 Å². The lowest BCUT2D eigenvalue weighted by atomic mass is 10.1. The van der Waals surface area contributed by atoms with Crippen molar-refractivity contribution in [3.05, 3.63) is 112 Å². The van der Waals surface area contributed by atoms with Gasteiger partial charge in [-0.2, -0.15) is 0 Å². The van der Waals surface area contributed by atoms with Crippen LogP contribution in [-0.2, 0) is 24.8 Å². The number of hydrogen-bond donors (Lipinski definition) is 2. The molecular formula is C30H30ClN3O5S2. The fraction of sp³-hybridized carbons (Fsp3) is 0.167. The van der Waals surface area contributed by atoms with Crippen molar-refractivity contribution in [3.63, 3.8) is 0 Å². The summed E-state index contributed by atoms with van der Waals surface area (Å²) in [7, 11) is -8.01. The standard InChI is InChI=1S/C30H30ClN3O5S2/c1-20-8-14-27(15-9-20)41(38,39)34(25-13-10-21(2)28(31)18-25)19-29(35)32-24-11-16-26(17-12-24)40(36,37)33-30-22(3)6-5-7-23(30)4/h5-18,33H,19H2,1-4H3,(H,32,35). The van der Waals surface area contributed by atoms with E-state index in [1.807, 2.05) is 39.0 Å². The van der Waals surface area contributed by atoms with E-state index in [2.05, 4.69) is 10.0 Å². The summed E-state index contributed by atoms with van der Waals surface area (Å²) in [5.74, 6) is -0.623. The van der Waals surface area contributed by atoms with Gasteiger partial charge in [0.1, 0.15) is 6.54 Å². The Kier molecular flexibility index (Phi) is 8.77. The lowest BCUT2D eigenvalue weighted by Crippen LogP contribution is -2.38. The Morgan fingerprint density at radius 1 is 0.756 bits per heavy atom. The van der Waals surface area contributed by atoms with Crippen molar-refractivity contribution in [3.8, 4) is 0 Å². The number of amides is 1. The van der Waals surface area contributed by atoms with E-state index in [0.29, 0.717) is 16.4 Å². The molecule has 0 aliphatic rings. The Morgan fingerprint density at radius 3 is 1.93 bits per heavy atom. The number of rotatable bonds is 9. The fourth-order valence-electron chi connectivity index (χ4n) is 4.11. The van der Waals surface area contributed by atoms with Crippen LogP contribution in [0.4, 0.5) is 17.1 Å². The molecule has 0 heterocycles. The number of carbonyl (C=O) groups is 1. The van der Waals surface area contributed by atoms with Gasteiger partial charge in [-0.25, -0.2) is 16.8 Å². The number of anilines is 3. The molecule has 0 radical (unpaired) electrons. The molecule has 0 aliphatic heterocycles. The number of nitrogens with one attached hydrogen (secondary N) is 2. The van der Waals surface area contributed by atoms with Gasteiger partial charge in [0.2, 0.25) is 5.91 Å². The van der Waals surface area contributed by atoms with Crippen LogP contribution in [-0.4, -0.2) is 29.3 Å². The molecule has 0 spiro atoms. The zero-order chi connectivity index (χ0) is 29.9. The minimum Gasteiger partial charge on any atom is -0.325 e. The molecule has 8 nitrogen and oxygen atoms in total. The minimum absolute atomic E-state index is 0.0102. The van der Waals surface area contributed by atoms with E-state index >= 15 is 0 Å². The molecule has 4 aromatic carbocycles. The molecule has 41 heavy (non-hydrogen) atoms. The molecule has 4 aromatic rings. The van der Waals surface area contributed by atoms with E-state index in [-0.39, 0.29) is 15.5 Å². The Bertz CT molecular complexity index is 1790. The van der Waals surface area contributed by atoms with Gasteiger partial charge in [0, 0.05) is 10.7 Å². The largest absolute Gasteiger partial charge is 0.325 e. The third-order valence-electron chi connectivity index (χ3n) is 6.51. The summed E-state index contributed by atoms with van der Waals surface area (Å²) in [5, 5.41) is 3.01. The van der Waals surface area contributed by atoms with Gasteiger partial charge in [-0.1, -0.05) is 53.6 Å². The smallest absolute Gasteiger partial charge is 0.264 e. The second-order valence-corrected chi connectivity index (χ2v) is 13.7. The molecule has 0 aromatic heterocycles. The molecule has 0 saturated carbocycles. The fourth-order valence-corrected chi connectivity index (χ4v) is 6.90. The second-order valence-electron chi connectivity index (χ2n) is 9.70. The van der Waals surface area contributed by atoms with Crippen LogP contribution < -0.4 is 14.3 Å². The third kappa shape index (κ3) is 6.90. The number of carbonyl (C=O) groups excluding carboxylic acids is 1. The number of hydrogen-bond acceptors (Lipinski definition) is 5. The Labute approximate surface area is 246 Å². The first kappa shape index (κ1) is 30.1. The summed E-state index contributed by atoms with van der Waals surface area (Å²) in [4.78, 5) is 13.1. The van der Waals surface area contributed by atoms with Gasteiger partial charge >= 0.3 is 0 Å². The SMILES string of the molecule is Cc1ccc(S(=O)(=O)N(CC(=O)Nc2ccc(S(=O)(=O)Nc3c(C)cccc3C)cc2)c2ccc(C)c(Cl)c2)cc1. The monoisotopic (exact) mass is 611 g/mol. The van der Waals surface area contributed by atoms with E-state index in [4.69, 9.17) is 11.6 Å². The van der Waals surface area contributed by atoms with Crippen LogP contribution >= 0.6 is 11.6 Å². The quantitative estimate of drug-likeness (QED) is 0.234. The molecule has 0 atom stereocenters. The predicted octanol–water partition coefficient (Wildman–Crippen LogP) is 6.21. The van der Waals surface area contributed by atoms with Crippen molar-refractivity contribution in [2.75, 3.05) is 20.9 Å². The lowest BCUT2D eigenvalue weighted by Gasteiger charge is -2.24. The predicted molar refractivity (Wildman–Crippen MR) is 164 cm³/mol. The van der Waals surface area contributed by atoms with Crippen LogP contribution in [0.3, 0.4) is 0 Å². The van der Waals surface area contributed by atoms with Gasteiger partial charge in [0.05, 0.1) is 21.2 Å². The van der Waals surface area contributed by atoms with Gasteiger partial charge in [0.25, 0.3) is 20.0 Å². The molecule has 0 unspecified atom stereocenters. The van der Waals surface area contributed by atoms with Crippen molar-refractivity contribution in [2.45, 2.75) is 37.5 Å². The molecular weight excluding hydrogens is 582 g/mol. The number of sulfonamides is 2. The van der Waals surface area contributed by atoms with E-state index in [0.717, 1.165) is 26.6 Å². The van der Waals surface area contributed by atoms with Crippen molar-refractivity contribution < 1.29 is 21.6 Å². The molecule has 0 bridgehead atoms. The van der Waals surface area contributed by atoms with Gasteiger partial charge in [-0.3, -0.25) is 13.8 Å². The molecule has 4 rings (SSSR count). The van der Waals surface area contributed by atoms with Gasteiger partial charge in [0.15, 0.2) is 0 Å². The summed E-state index contributed by atoms with van der Waals surface area (Å²) in [6.07, 6.45) is 0. The average Bonchev–Trinajstić information content (AvgIpc) is 2.91. The molecule has 0 aliphatic carbocycles. The maximum Gasteiger partial charge on any atom is 0.264 e. The van der Waals surface area contributed by atoms with Crippen molar-refractivity contribution in [2.24, 2.45) is 0 Å². The average molecular weight is 612 g/mol. The van der Waals surface area contributed by atoms with Crippen LogP contribution in [0, 0.1) is 27.7 Å². The Morgan fingerprint density at radius 2 is 1.34 bits per heavy atom. The molecule has 214 valence electrons. The Hall–Kier alpha value is -3.86. The van der Waals surface area contributed by atoms with E-state index in [9.17, 15) is 21.6 Å². The first-order valence-corrected chi connectivity index (χ1v) is 15.9. The molecule has 2 N–H and O–H groups in total. The first-order chi connectivity index (χ1) is 19.3. The minimum atomic E-state index is -4.12. The summed E-state index contributed by atoms with van der Waals surface area (Å²) in [5.41, 5.74) is 4.27. The third-order valence-corrected chi connectivity index (χ3v) is 10.1. The van der Waals surface area contributed by atoms with Crippen LogP contribution in [0.25, 0.3) is 0 Å². The zero-order valence-corrected chi connectivity index (χ0v) is 25.4. The van der Waals surface area contributed by atoms with Crippen LogP contribution in [0.2, 0.25) is 5.02 Å². The van der Waals surface area contributed by atoms with Crippen molar-refractivity contribution >= 4 is 54.6 Å². The van der Waals surface area contributed by atoms with Gasteiger partial charge in [-0.05, 0) is 92.9 Å². The first-order valence-electron chi connectivity index (χ1n) is 12.6. The highest BCUT2D eigenvalue weighted by molar-refractivity contribution is 7.93. The number of nitrogens with zero attached hydrogens (tertiary/aromatic N) is 1. The molecule has 1 amide bonds. The highest BCUT2D eigenvalue weighted by atomic mass is 35.5. The summed E-state index contributed by atoms with van der Waals surface area (Å²) in [6, 6.07) is 22.2. The lowest BCUT2D eigenvalue weighted by molar-refractivity contribution is -0.114. The molecule has 11 heteroatoms. The van der Waals surface area contributed by atoms with Crippen LogP contribution in [0.15, 0.2) is 94.7 Å². The zero-order valence-electron chi connectivity index (χ0n) is 23.0. The van der Waals surface area contributed by atoms with Crippen molar-refractivity contribution in [1.82, 2.24) is 0 Å². The number of aryl methyl sites for hydroxylation is 4. The van der Waals surface area contributed by atoms with E-state index in [1.165, 1.54) is 42.5 Å². The molecule has 0 fully saturated rings. The van der Waals surface area contributed by atoms with Crippen LogP contribution in [0.1, 0.15) is 22.3 Å². The maximum atomic E-state index is 13.6. The summed E-state index contributed by atoms with van der Waals surface area (Å²) >= 11 is 6.28. The van der Waals surface area contributed by atoms with E-state index in [1.54, 1.807) is 31.2 Å². The number of halogens is 1. The topological polar surface area (TPSA) is 113 Å². The van der Waals surface area contributed by atoms with Crippen LogP contribution in [0.5, 0.6) is 0 Å². The summed E-state index contributed by atoms with van der Waals surface area (Å²) in [6.45, 7) is 6.73. The molecule has 0 saturated heterocycles. The second kappa shape index (κ2) is 11.9. The maximum absolute atomic E-state index is 13.6. The number of benzene rings is 4. The highest BCUT2D eigenvalue weighted by Crippen LogP contribution is 2.29. The van der Waals surface area contributed by atoms with E-state index < -0.39 is 32.5 Å². The summed E-state index contributed by atoms with van der Waals surface area (Å²) < 4.78 is 56.8.